The zero-order valence-corrected chi connectivity index (χ0v) is 14.8. The molecule has 0 fully saturated rings. The van der Waals surface area contributed by atoms with Crippen molar-refractivity contribution in [3.05, 3.63) is 69.7 Å². The highest BCUT2D eigenvalue weighted by Gasteiger charge is 2.13. The molecule has 5 nitrogen and oxygen atoms in total. The predicted octanol–water partition coefficient (Wildman–Crippen LogP) is 3.38. The quantitative estimate of drug-likeness (QED) is 0.635. The first-order valence-corrected chi connectivity index (χ1v) is 8.20. The van der Waals surface area contributed by atoms with Gasteiger partial charge in [0.15, 0.2) is 5.78 Å². The Kier molecular flexibility index (Phi) is 6.31. The van der Waals surface area contributed by atoms with Crippen LogP contribution >= 0.6 is 11.6 Å². The summed E-state index contributed by atoms with van der Waals surface area (Å²) in [5, 5.41) is 0.429. The van der Waals surface area contributed by atoms with E-state index in [9.17, 15) is 14.4 Å². The normalized spacial score (nSPS) is 10.2. The zero-order chi connectivity index (χ0) is 18.4. The molecule has 0 unspecified atom stereocenters. The molecule has 0 radical (unpaired) electrons. The van der Waals surface area contributed by atoms with E-state index >= 15 is 0 Å². The number of nitrogens with one attached hydrogen (secondary N) is 2. The first-order valence-electron chi connectivity index (χ1n) is 7.82. The maximum atomic E-state index is 12.2. The number of hydrogen-bond acceptors (Lipinski definition) is 3. The molecule has 2 aromatic carbocycles. The number of aryl methyl sites for hydroxylation is 2. The summed E-state index contributed by atoms with van der Waals surface area (Å²) in [7, 11) is 0. The molecule has 0 aliphatic carbocycles. The first-order chi connectivity index (χ1) is 11.9. The van der Waals surface area contributed by atoms with E-state index in [1.54, 1.807) is 18.2 Å². The molecule has 0 aliphatic rings. The molecule has 0 saturated heterocycles. The molecule has 2 amide bonds. The molecule has 0 heterocycles. The second-order valence-corrected chi connectivity index (χ2v) is 6.19. The topological polar surface area (TPSA) is 75.3 Å². The third-order valence-corrected chi connectivity index (χ3v) is 3.91. The van der Waals surface area contributed by atoms with E-state index < -0.39 is 11.8 Å². The summed E-state index contributed by atoms with van der Waals surface area (Å²) in [6.45, 7) is 3.77. The SMILES string of the molecule is Cc1ccc(C)c(C(=O)CCC(=O)NNC(=O)c2cccc(Cl)c2)c1. The second kappa shape index (κ2) is 8.44. The van der Waals surface area contributed by atoms with E-state index in [2.05, 4.69) is 10.9 Å². The Morgan fingerprint density at radius 3 is 2.44 bits per heavy atom. The number of Topliss-reactive ketones (excluding diaryl/α,β-unsaturated/α-hetero) is 1. The standard InChI is InChI=1S/C19H19ClN2O3/c1-12-6-7-13(2)16(10-12)17(23)8-9-18(24)21-22-19(25)14-4-3-5-15(20)11-14/h3-7,10-11H,8-9H2,1-2H3,(H,21,24)(H,22,25). The Labute approximate surface area is 151 Å². The van der Waals surface area contributed by atoms with Crippen molar-refractivity contribution >= 4 is 29.2 Å². The van der Waals surface area contributed by atoms with Crippen molar-refractivity contribution in [2.75, 3.05) is 0 Å². The second-order valence-electron chi connectivity index (χ2n) is 5.75. The molecule has 6 heteroatoms. The van der Waals surface area contributed by atoms with Crippen LogP contribution in [0.25, 0.3) is 0 Å². The summed E-state index contributed by atoms with van der Waals surface area (Å²) in [6, 6.07) is 12.0. The highest BCUT2D eigenvalue weighted by atomic mass is 35.5. The predicted molar refractivity (Wildman–Crippen MR) is 96.5 cm³/mol. The van der Waals surface area contributed by atoms with Gasteiger partial charge in [-0.2, -0.15) is 0 Å². The van der Waals surface area contributed by atoms with Gasteiger partial charge < -0.3 is 0 Å². The Morgan fingerprint density at radius 1 is 0.960 bits per heavy atom. The maximum Gasteiger partial charge on any atom is 0.269 e. The number of halogens is 1. The van der Waals surface area contributed by atoms with Crippen LogP contribution in [0.2, 0.25) is 5.02 Å². The molecular weight excluding hydrogens is 340 g/mol. The molecule has 0 aliphatic heterocycles. The molecule has 0 atom stereocenters. The van der Waals surface area contributed by atoms with Gasteiger partial charge in [0.2, 0.25) is 5.91 Å². The number of ketones is 1. The summed E-state index contributed by atoms with van der Waals surface area (Å²) in [6.07, 6.45) is 0.0607. The number of carbonyl (C=O) groups excluding carboxylic acids is 3. The fourth-order valence-electron chi connectivity index (χ4n) is 2.29. The summed E-state index contributed by atoms with van der Waals surface area (Å²) >= 11 is 5.81. The van der Waals surface area contributed by atoms with Gasteiger partial charge in [-0.15, -0.1) is 0 Å². The van der Waals surface area contributed by atoms with Crippen LogP contribution in [0, 0.1) is 13.8 Å². The summed E-state index contributed by atoms with van der Waals surface area (Å²) < 4.78 is 0. The molecule has 0 bridgehead atoms. The lowest BCUT2D eigenvalue weighted by Crippen LogP contribution is -2.41. The molecule has 130 valence electrons. The summed E-state index contributed by atoms with van der Waals surface area (Å²) in [5.41, 5.74) is 7.43. The number of amides is 2. The molecule has 2 N–H and O–H groups in total. The van der Waals surface area contributed by atoms with Crippen LogP contribution < -0.4 is 10.9 Å². The fourth-order valence-corrected chi connectivity index (χ4v) is 2.48. The minimum Gasteiger partial charge on any atom is -0.294 e. The van der Waals surface area contributed by atoms with Gasteiger partial charge in [-0.3, -0.25) is 25.2 Å². The van der Waals surface area contributed by atoms with Crippen LogP contribution in [0.1, 0.15) is 44.7 Å². The third kappa shape index (κ3) is 5.43. The van der Waals surface area contributed by atoms with Crippen molar-refractivity contribution < 1.29 is 14.4 Å². The van der Waals surface area contributed by atoms with Crippen molar-refractivity contribution in [3.8, 4) is 0 Å². The molecule has 0 spiro atoms. The number of hydrazine groups is 1. The lowest BCUT2D eigenvalue weighted by atomic mass is 9.99. The average Bonchev–Trinajstić information content (AvgIpc) is 2.59. The number of carbonyl (C=O) groups is 3. The van der Waals surface area contributed by atoms with Crippen molar-refractivity contribution in [1.82, 2.24) is 10.9 Å². The van der Waals surface area contributed by atoms with Gasteiger partial charge in [-0.1, -0.05) is 35.4 Å². The van der Waals surface area contributed by atoms with E-state index in [4.69, 9.17) is 11.6 Å². The van der Waals surface area contributed by atoms with Crippen LogP contribution in [0.3, 0.4) is 0 Å². The average molecular weight is 359 g/mol. The van der Waals surface area contributed by atoms with E-state index in [0.29, 0.717) is 16.1 Å². The highest BCUT2D eigenvalue weighted by Crippen LogP contribution is 2.14. The van der Waals surface area contributed by atoms with E-state index in [0.717, 1.165) is 11.1 Å². The van der Waals surface area contributed by atoms with Gasteiger partial charge in [-0.05, 0) is 43.7 Å². The third-order valence-electron chi connectivity index (χ3n) is 3.67. The van der Waals surface area contributed by atoms with Crippen molar-refractivity contribution in [1.29, 1.82) is 0 Å². The van der Waals surface area contributed by atoms with Crippen LogP contribution in [0.4, 0.5) is 0 Å². The first kappa shape index (κ1) is 18.7. The van der Waals surface area contributed by atoms with Gasteiger partial charge in [0.25, 0.3) is 5.91 Å². The summed E-state index contributed by atoms with van der Waals surface area (Å²) in [5.74, 6) is -1.01. The smallest absolute Gasteiger partial charge is 0.269 e. The van der Waals surface area contributed by atoms with Gasteiger partial charge in [0, 0.05) is 29.0 Å². The molecule has 0 saturated carbocycles. The Morgan fingerprint density at radius 2 is 1.72 bits per heavy atom. The van der Waals surface area contributed by atoms with Gasteiger partial charge in [0.05, 0.1) is 0 Å². The minimum atomic E-state index is -0.475. The Bertz CT molecular complexity index is 818. The van der Waals surface area contributed by atoms with Gasteiger partial charge in [0.1, 0.15) is 0 Å². The number of hydrogen-bond donors (Lipinski definition) is 2. The van der Waals surface area contributed by atoms with Crippen molar-refractivity contribution in [2.24, 2.45) is 0 Å². The lowest BCUT2D eigenvalue weighted by molar-refractivity contribution is -0.121. The maximum absolute atomic E-state index is 12.2. The van der Waals surface area contributed by atoms with Crippen molar-refractivity contribution in [2.45, 2.75) is 26.7 Å². The monoisotopic (exact) mass is 358 g/mol. The fraction of sp³-hybridized carbons (Fsp3) is 0.211. The largest absolute Gasteiger partial charge is 0.294 e. The van der Waals surface area contributed by atoms with Crippen LogP contribution in [0.15, 0.2) is 42.5 Å². The lowest BCUT2D eigenvalue weighted by Gasteiger charge is -2.08. The van der Waals surface area contributed by atoms with E-state index in [1.165, 1.54) is 6.07 Å². The molecule has 25 heavy (non-hydrogen) atoms. The van der Waals surface area contributed by atoms with Gasteiger partial charge >= 0.3 is 0 Å². The summed E-state index contributed by atoms with van der Waals surface area (Å²) in [4.78, 5) is 36.0. The zero-order valence-electron chi connectivity index (χ0n) is 14.1. The van der Waals surface area contributed by atoms with Crippen molar-refractivity contribution in [3.63, 3.8) is 0 Å². The number of rotatable bonds is 5. The molecule has 2 aromatic rings. The molecular formula is C19H19ClN2O3. The van der Waals surface area contributed by atoms with Crippen LogP contribution in [0.5, 0.6) is 0 Å². The molecule has 2 rings (SSSR count). The minimum absolute atomic E-state index is 0.0119. The van der Waals surface area contributed by atoms with Gasteiger partial charge in [-0.25, -0.2) is 0 Å². The van der Waals surface area contributed by atoms with Crippen LogP contribution in [-0.4, -0.2) is 17.6 Å². The Hall–Kier alpha value is -2.66. The number of benzene rings is 2. The van der Waals surface area contributed by atoms with Crippen LogP contribution in [-0.2, 0) is 4.79 Å². The Balaban J connectivity index is 1.83. The molecule has 0 aromatic heterocycles. The van der Waals surface area contributed by atoms with E-state index in [1.807, 2.05) is 32.0 Å². The highest BCUT2D eigenvalue weighted by molar-refractivity contribution is 6.30. The van der Waals surface area contributed by atoms with E-state index in [-0.39, 0.29) is 18.6 Å².